The van der Waals surface area contributed by atoms with Crippen molar-refractivity contribution in [3.8, 4) is 5.69 Å². The number of aromatic nitrogens is 3. The summed E-state index contributed by atoms with van der Waals surface area (Å²) in [6.45, 7) is 9.80. The van der Waals surface area contributed by atoms with Crippen molar-refractivity contribution in [3.63, 3.8) is 0 Å². The van der Waals surface area contributed by atoms with Crippen LogP contribution >= 0.6 is 23.2 Å². The van der Waals surface area contributed by atoms with E-state index in [1.54, 1.807) is 19.1 Å². The summed E-state index contributed by atoms with van der Waals surface area (Å²) < 4.78 is 2.70. The second-order valence-electron chi connectivity index (χ2n) is 7.03. The second kappa shape index (κ2) is 7.14. The lowest BCUT2D eigenvalue weighted by Gasteiger charge is -2.18. The fraction of sp³-hybridized carbons (Fsp3) is 0.389. The average molecular weight is 411 g/mol. The Kier molecular flexibility index (Phi) is 5.20. The van der Waals surface area contributed by atoms with E-state index < -0.39 is 5.41 Å². The van der Waals surface area contributed by atoms with E-state index in [2.05, 4.69) is 11.7 Å². The van der Waals surface area contributed by atoms with Gasteiger partial charge in [-0.1, -0.05) is 29.3 Å². The molecule has 0 radical (unpaired) electrons. The first-order chi connectivity index (χ1) is 12.7. The lowest BCUT2D eigenvalue weighted by Crippen LogP contribution is -2.30. The van der Waals surface area contributed by atoms with Crippen LogP contribution in [0.4, 0.5) is 0 Å². The van der Waals surface area contributed by atoms with Crippen LogP contribution in [0.2, 0.25) is 10.0 Å². The molecule has 2 heterocycles. The quantitative estimate of drug-likeness (QED) is 0.709. The summed E-state index contributed by atoms with van der Waals surface area (Å²) in [5.41, 5.74) is 0.0687. The van der Waals surface area contributed by atoms with Gasteiger partial charge in [-0.15, -0.1) is 6.58 Å². The van der Waals surface area contributed by atoms with Gasteiger partial charge in [0.2, 0.25) is 0 Å². The SMILES string of the molecule is C=CCn1c(C)nn(-c2cc(CN3OCC(C)(C)C3=O)c(Cl)cc2Cl)c1=O. The number of allylic oxidation sites excluding steroid dienone is 1. The number of nitrogens with zero attached hydrogens (tertiary/aromatic N) is 4. The molecule has 1 saturated heterocycles. The lowest BCUT2D eigenvalue weighted by molar-refractivity contribution is -0.165. The second-order valence-corrected chi connectivity index (χ2v) is 7.85. The largest absolute Gasteiger partial charge is 0.351 e. The number of hydrogen-bond donors (Lipinski definition) is 0. The minimum atomic E-state index is -0.584. The highest BCUT2D eigenvalue weighted by Crippen LogP contribution is 2.32. The number of halogens is 2. The third-order valence-corrected chi connectivity index (χ3v) is 5.06. The molecule has 7 nitrogen and oxygen atoms in total. The van der Waals surface area contributed by atoms with E-state index in [0.717, 1.165) is 0 Å². The molecule has 144 valence electrons. The number of rotatable bonds is 5. The zero-order valence-corrected chi connectivity index (χ0v) is 16.8. The maximum absolute atomic E-state index is 12.6. The third kappa shape index (κ3) is 3.54. The third-order valence-electron chi connectivity index (χ3n) is 4.40. The molecular weight excluding hydrogens is 391 g/mol. The highest BCUT2D eigenvalue weighted by Gasteiger charge is 2.40. The van der Waals surface area contributed by atoms with Gasteiger partial charge in [0.15, 0.2) is 0 Å². The molecule has 1 aromatic heterocycles. The van der Waals surface area contributed by atoms with Gasteiger partial charge in [0.05, 0.1) is 29.3 Å². The van der Waals surface area contributed by atoms with Crippen LogP contribution in [0.1, 0.15) is 25.2 Å². The van der Waals surface area contributed by atoms with Gasteiger partial charge in [0.25, 0.3) is 5.91 Å². The first-order valence-electron chi connectivity index (χ1n) is 8.36. The summed E-state index contributed by atoms with van der Waals surface area (Å²) in [7, 11) is 0. The van der Waals surface area contributed by atoms with E-state index in [0.29, 0.717) is 35.2 Å². The molecule has 1 amide bonds. The maximum Gasteiger partial charge on any atom is 0.351 e. The topological polar surface area (TPSA) is 69.4 Å². The molecule has 3 rings (SSSR count). The molecule has 0 spiro atoms. The highest BCUT2D eigenvalue weighted by molar-refractivity contribution is 6.36. The molecule has 0 bridgehead atoms. The van der Waals surface area contributed by atoms with Crippen LogP contribution in [0, 0.1) is 12.3 Å². The number of carbonyl (C=O) groups excluding carboxylic acids is 1. The van der Waals surface area contributed by atoms with Gasteiger partial charge in [-0.2, -0.15) is 9.78 Å². The molecule has 2 aromatic rings. The van der Waals surface area contributed by atoms with Crippen molar-refractivity contribution < 1.29 is 9.63 Å². The monoisotopic (exact) mass is 410 g/mol. The van der Waals surface area contributed by atoms with Crippen molar-refractivity contribution in [1.29, 1.82) is 0 Å². The van der Waals surface area contributed by atoms with Crippen molar-refractivity contribution in [1.82, 2.24) is 19.4 Å². The van der Waals surface area contributed by atoms with Gasteiger partial charge < -0.3 is 0 Å². The Labute approximate surface area is 166 Å². The van der Waals surface area contributed by atoms with E-state index in [-0.39, 0.29) is 23.2 Å². The summed E-state index contributed by atoms with van der Waals surface area (Å²) in [4.78, 5) is 30.5. The summed E-state index contributed by atoms with van der Waals surface area (Å²) in [5, 5.41) is 6.22. The van der Waals surface area contributed by atoms with Crippen LogP contribution < -0.4 is 5.69 Å². The Morgan fingerprint density at radius 1 is 1.30 bits per heavy atom. The number of hydrogen-bond acceptors (Lipinski definition) is 4. The Bertz CT molecular complexity index is 978. The number of aryl methyl sites for hydroxylation is 1. The Balaban J connectivity index is 2.01. The number of benzene rings is 1. The molecule has 9 heteroatoms. The molecule has 1 aliphatic heterocycles. The van der Waals surface area contributed by atoms with Crippen LogP contribution in [0.15, 0.2) is 29.6 Å². The van der Waals surface area contributed by atoms with E-state index in [1.165, 1.54) is 20.4 Å². The van der Waals surface area contributed by atoms with E-state index in [9.17, 15) is 9.59 Å². The number of hydroxylamine groups is 2. The first-order valence-corrected chi connectivity index (χ1v) is 9.12. The number of carbonyl (C=O) groups is 1. The molecule has 1 aliphatic rings. The first kappa shape index (κ1) is 19.7. The Morgan fingerprint density at radius 3 is 2.59 bits per heavy atom. The lowest BCUT2D eigenvalue weighted by atomic mass is 9.95. The van der Waals surface area contributed by atoms with E-state index >= 15 is 0 Å². The van der Waals surface area contributed by atoms with Crippen molar-refractivity contribution in [2.75, 3.05) is 6.61 Å². The molecule has 1 aromatic carbocycles. The van der Waals surface area contributed by atoms with Crippen molar-refractivity contribution >= 4 is 29.1 Å². The fourth-order valence-corrected chi connectivity index (χ4v) is 3.35. The Hall–Kier alpha value is -2.09. The minimum absolute atomic E-state index is 0.127. The average Bonchev–Trinajstić information content (AvgIpc) is 3.01. The summed E-state index contributed by atoms with van der Waals surface area (Å²) in [6, 6.07) is 3.19. The molecule has 0 atom stereocenters. The Morgan fingerprint density at radius 2 is 2.00 bits per heavy atom. The van der Waals surface area contributed by atoms with Crippen molar-refractivity contribution in [2.45, 2.75) is 33.9 Å². The van der Waals surface area contributed by atoms with E-state index in [1.807, 2.05) is 13.8 Å². The van der Waals surface area contributed by atoms with Gasteiger partial charge in [-0.05, 0) is 38.5 Å². The van der Waals surface area contributed by atoms with Crippen LogP contribution in [0.5, 0.6) is 0 Å². The van der Waals surface area contributed by atoms with Gasteiger partial charge in [0.1, 0.15) is 5.82 Å². The molecule has 1 fully saturated rings. The maximum atomic E-state index is 12.6. The molecular formula is C18H20Cl2N4O3. The molecule has 0 aliphatic carbocycles. The predicted molar refractivity (Wildman–Crippen MR) is 103 cm³/mol. The van der Waals surface area contributed by atoms with Gasteiger partial charge >= 0.3 is 5.69 Å². The summed E-state index contributed by atoms with van der Waals surface area (Å²) in [6.07, 6.45) is 1.62. The highest BCUT2D eigenvalue weighted by atomic mass is 35.5. The van der Waals surface area contributed by atoms with E-state index in [4.69, 9.17) is 28.0 Å². The van der Waals surface area contributed by atoms with Crippen molar-refractivity contribution in [2.24, 2.45) is 5.41 Å². The molecule has 27 heavy (non-hydrogen) atoms. The fourth-order valence-electron chi connectivity index (χ4n) is 2.82. The molecule has 0 unspecified atom stereocenters. The summed E-state index contributed by atoms with van der Waals surface area (Å²) >= 11 is 12.6. The summed E-state index contributed by atoms with van der Waals surface area (Å²) in [5.74, 6) is 0.408. The van der Waals surface area contributed by atoms with Gasteiger partial charge in [-0.3, -0.25) is 14.2 Å². The normalized spacial score (nSPS) is 16.2. The number of amides is 1. The van der Waals surface area contributed by atoms with Crippen molar-refractivity contribution in [3.05, 3.63) is 56.7 Å². The molecule has 0 saturated carbocycles. The van der Waals surface area contributed by atoms with Gasteiger partial charge in [0, 0.05) is 11.6 Å². The van der Waals surface area contributed by atoms with Crippen LogP contribution in [-0.4, -0.2) is 31.9 Å². The standard InChI is InChI=1S/C18H20Cl2N4O3/c1-5-6-22-11(2)21-24(17(22)26)15-7-12(13(19)8-14(15)20)9-23-16(25)18(3,4)10-27-23/h5,7-8H,1,6,9-10H2,2-4H3. The molecule has 0 N–H and O–H groups in total. The van der Waals surface area contributed by atoms with Crippen LogP contribution in [0.3, 0.4) is 0 Å². The smallest absolute Gasteiger partial charge is 0.275 e. The minimum Gasteiger partial charge on any atom is -0.275 e. The van der Waals surface area contributed by atoms with Crippen LogP contribution in [-0.2, 0) is 22.7 Å². The zero-order valence-electron chi connectivity index (χ0n) is 15.3. The predicted octanol–water partition coefficient (Wildman–Crippen LogP) is 3.14. The van der Waals surface area contributed by atoms with Crippen LogP contribution in [0.25, 0.3) is 5.69 Å². The van der Waals surface area contributed by atoms with Gasteiger partial charge in [-0.25, -0.2) is 9.86 Å². The zero-order chi connectivity index (χ0) is 19.9.